The van der Waals surface area contributed by atoms with Crippen LogP contribution in [0.1, 0.15) is 25.5 Å². The largest absolute Gasteiger partial charge is 0.494 e. The van der Waals surface area contributed by atoms with Gasteiger partial charge in [-0.1, -0.05) is 37.3 Å². The number of carbonyl (C=O) groups is 1. The first kappa shape index (κ1) is 20.3. The Labute approximate surface area is 176 Å². The van der Waals surface area contributed by atoms with Crippen molar-refractivity contribution in [3.8, 4) is 16.9 Å². The Morgan fingerprint density at radius 1 is 1.13 bits per heavy atom. The molecule has 156 valence electrons. The third-order valence-electron chi connectivity index (χ3n) is 6.05. The number of nitrogens with zero attached hydrogens (tertiary/aromatic N) is 3. The molecule has 1 amide bonds. The highest BCUT2D eigenvalue weighted by Crippen LogP contribution is 2.33. The van der Waals surface area contributed by atoms with Crippen molar-refractivity contribution in [3.63, 3.8) is 0 Å². The summed E-state index contributed by atoms with van der Waals surface area (Å²) < 4.78 is 5.51. The fourth-order valence-corrected chi connectivity index (χ4v) is 3.93. The third-order valence-corrected chi connectivity index (χ3v) is 6.05. The Morgan fingerprint density at radius 2 is 1.87 bits per heavy atom. The normalized spacial score (nSPS) is 15.9. The molecule has 30 heavy (non-hydrogen) atoms. The quantitative estimate of drug-likeness (QED) is 0.703. The highest BCUT2D eigenvalue weighted by atomic mass is 16.5. The number of likely N-dealkylation sites (tertiary alicyclic amines) is 1. The molecule has 1 fully saturated rings. The number of amides is 1. The Balaban J connectivity index is 1.60. The fourth-order valence-electron chi connectivity index (χ4n) is 3.93. The van der Waals surface area contributed by atoms with E-state index in [2.05, 4.69) is 11.9 Å². The van der Waals surface area contributed by atoms with Crippen molar-refractivity contribution < 1.29 is 14.6 Å². The maximum absolute atomic E-state index is 12.8. The van der Waals surface area contributed by atoms with Crippen LogP contribution in [0.2, 0.25) is 0 Å². The first-order valence-corrected chi connectivity index (χ1v) is 10.3. The summed E-state index contributed by atoms with van der Waals surface area (Å²) in [6.45, 7) is 3.56. The number of aliphatic hydroxyl groups excluding tert-OH is 1. The van der Waals surface area contributed by atoms with E-state index in [1.54, 1.807) is 13.3 Å². The molecule has 6 heteroatoms. The predicted molar refractivity (Wildman–Crippen MR) is 116 cm³/mol. The van der Waals surface area contributed by atoms with Gasteiger partial charge in [0.2, 0.25) is 5.91 Å². The number of ether oxygens (including phenoxy) is 1. The summed E-state index contributed by atoms with van der Waals surface area (Å²) in [7, 11) is 1.61. The minimum absolute atomic E-state index is 0.0434. The molecule has 0 radical (unpaired) electrons. The van der Waals surface area contributed by atoms with Crippen LogP contribution in [0.4, 0.5) is 0 Å². The molecule has 0 bridgehead atoms. The van der Waals surface area contributed by atoms with E-state index >= 15 is 0 Å². The second kappa shape index (κ2) is 8.40. The molecule has 6 nitrogen and oxygen atoms in total. The van der Waals surface area contributed by atoms with Crippen molar-refractivity contribution in [1.29, 1.82) is 0 Å². The number of aliphatic hydroxyl groups is 1. The zero-order valence-electron chi connectivity index (χ0n) is 17.5. The minimum Gasteiger partial charge on any atom is -0.494 e. The molecule has 0 aliphatic carbocycles. The molecule has 1 N–H and O–H groups in total. The lowest BCUT2D eigenvalue weighted by atomic mass is 9.81. The van der Waals surface area contributed by atoms with Crippen LogP contribution in [-0.2, 0) is 11.2 Å². The number of piperidine rings is 1. The van der Waals surface area contributed by atoms with Gasteiger partial charge < -0.3 is 14.7 Å². The van der Waals surface area contributed by atoms with Gasteiger partial charge in [-0.05, 0) is 36.0 Å². The lowest BCUT2D eigenvalue weighted by molar-refractivity contribution is -0.133. The first-order valence-electron chi connectivity index (χ1n) is 10.3. The van der Waals surface area contributed by atoms with Gasteiger partial charge in [0, 0.05) is 31.5 Å². The fraction of sp³-hybridized carbons (Fsp3) is 0.375. The summed E-state index contributed by atoms with van der Waals surface area (Å²) in [6.07, 6.45) is 3.52. The number of benzene rings is 2. The summed E-state index contributed by atoms with van der Waals surface area (Å²) in [5.74, 6) is 0.685. The van der Waals surface area contributed by atoms with Gasteiger partial charge in [0.05, 0.1) is 19.2 Å². The van der Waals surface area contributed by atoms with Crippen molar-refractivity contribution in [2.75, 3.05) is 26.8 Å². The first-order chi connectivity index (χ1) is 14.5. The molecule has 1 aromatic heterocycles. The average molecular weight is 405 g/mol. The van der Waals surface area contributed by atoms with E-state index in [1.807, 2.05) is 47.4 Å². The number of hydrogen-bond donors (Lipinski definition) is 1. The minimum atomic E-state index is -0.0826. The van der Waals surface area contributed by atoms with E-state index in [0.29, 0.717) is 30.0 Å². The van der Waals surface area contributed by atoms with E-state index in [1.165, 1.54) is 0 Å². The van der Waals surface area contributed by atoms with Gasteiger partial charge in [-0.25, -0.2) is 4.98 Å². The molecule has 1 aliphatic heterocycles. The highest BCUT2D eigenvalue weighted by Gasteiger charge is 2.31. The lowest BCUT2D eigenvalue weighted by Crippen LogP contribution is -2.44. The van der Waals surface area contributed by atoms with Crippen LogP contribution in [0.15, 0.2) is 48.7 Å². The maximum atomic E-state index is 12.8. The lowest BCUT2D eigenvalue weighted by Gasteiger charge is -2.38. The molecule has 4 rings (SSSR count). The summed E-state index contributed by atoms with van der Waals surface area (Å²) >= 11 is 0. The van der Waals surface area contributed by atoms with Gasteiger partial charge in [0.1, 0.15) is 16.8 Å². The molecule has 0 atom stereocenters. The van der Waals surface area contributed by atoms with E-state index in [4.69, 9.17) is 9.72 Å². The van der Waals surface area contributed by atoms with E-state index < -0.39 is 0 Å². The molecule has 2 aromatic carbocycles. The molecule has 0 unspecified atom stereocenters. The van der Waals surface area contributed by atoms with Gasteiger partial charge >= 0.3 is 0 Å². The van der Waals surface area contributed by atoms with E-state index in [-0.39, 0.29) is 24.3 Å². The standard InChI is InChI=1S/C24H27N3O3/c1-24(16-28)10-12-27(13-11-24)21(29)14-18-15-25-22-19(17-6-4-3-5-7-17)8-9-20(30-2)23(22)26-18/h3-9,15,28H,10-14,16H2,1-2H3. The zero-order valence-corrected chi connectivity index (χ0v) is 17.5. The average Bonchev–Trinajstić information content (AvgIpc) is 2.79. The van der Waals surface area contributed by atoms with Crippen LogP contribution in [0.3, 0.4) is 0 Å². The Hall–Kier alpha value is -2.99. The van der Waals surface area contributed by atoms with Crippen LogP contribution in [0.5, 0.6) is 5.75 Å². The maximum Gasteiger partial charge on any atom is 0.228 e. The summed E-state index contributed by atoms with van der Waals surface area (Å²) in [4.78, 5) is 24.1. The van der Waals surface area contributed by atoms with Crippen LogP contribution in [0.25, 0.3) is 22.2 Å². The second-order valence-electron chi connectivity index (χ2n) is 8.27. The van der Waals surface area contributed by atoms with Crippen molar-refractivity contribution >= 4 is 16.9 Å². The van der Waals surface area contributed by atoms with Crippen molar-refractivity contribution in [3.05, 3.63) is 54.4 Å². The monoisotopic (exact) mass is 405 g/mol. The number of methoxy groups -OCH3 is 1. The van der Waals surface area contributed by atoms with Gasteiger partial charge in [0.15, 0.2) is 0 Å². The molecule has 1 saturated heterocycles. The number of rotatable bonds is 5. The molecular weight excluding hydrogens is 378 g/mol. The molecule has 3 aromatic rings. The third kappa shape index (κ3) is 4.00. The second-order valence-corrected chi connectivity index (χ2v) is 8.27. The topological polar surface area (TPSA) is 75.5 Å². The van der Waals surface area contributed by atoms with E-state index in [0.717, 1.165) is 29.5 Å². The number of fused-ring (bicyclic) bond motifs is 1. The van der Waals surface area contributed by atoms with Crippen molar-refractivity contribution in [1.82, 2.24) is 14.9 Å². The van der Waals surface area contributed by atoms with Crippen LogP contribution >= 0.6 is 0 Å². The van der Waals surface area contributed by atoms with Crippen molar-refractivity contribution in [2.45, 2.75) is 26.2 Å². The molecule has 1 aliphatic rings. The SMILES string of the molecule is COc1ccc(-c2ccccc2)c2ncc(CC(=O)N3CCC(C)(CO)CC3)nc12. The van der Waals surface area contributed by atoms with Gasteiger partial charge in [0.25, 0.3) is 0 Å². The molecular formula is C24H27N3O3. The number of carbonyl (C=O) groups excluding carboxylic acids is 1. The molecule has 0 saturated carbocycles. The Bertz CT molecular complexity index is 1040. The summed E-state index contributed by atoms with van der Waals surface area (Å²) in [5.41, 5.74) is 4.01. The van der Waals surface area contributed by atoms with Crippen LogP contribution < -0.4 is 4.74 Å². The summed E-state index contributed by atoms with van der Waals surface area (Å²) in [5, 5.41) is 9.53. The van der Waals surface area contributed by atoms with Crippen LogP contribution in [0, 0.1) is 5.41 Å². The molecule has 2 heterocycles. The zero-order chi connectivity index (χ0) is 21.1. The van der Waals surface area contributed by atoms with Gasteiger partial charge in [-0.3, -0.25) is 9.78 Å². The number of aromatic nitrogens is 2. The van der Waals surface area contributed by atoms with Crippen LogP contribution in [-0.4, -0.2) is 52.7 Å². The van der Waals surface area contributed by atoms with Gasteiger partial charge in [-0.15, -0.1) is 0 Å². The molecule has 0 spiro atoms. The highest BCUT2D eigenvalue weighted by molar-refractivity contribution is 5.95. The van der Waals surface area contributed by atoms with E-state index in [9.17, 15) is 9.90 Å². The van der Waals surface area contributed by atoms with Crippen molar-refractivity contribution in [2.24, 2.45) is 5.41 Å². The summed E-state index contributed by atoms with van der Waals surface area (Å²) in [6, 6.07) is 13.9. The Morgan fingerprint density at radius 3 is 2.53 bits per heavy atom. The Kier molecular flexibility index (Phi) is 5.68. The smallest absolute Gasteiger partial charge is 0.228 e. The number of hydrogen-bond acceptors (Lipinski definition) is 5. The predicted octanol–water partition coefficient (Wildman–Crippen LogP) is 3.47. The van der Waals surface area contributed by atoms with Gasteiger partial charge in [-0.2, -0.15) is 0 Å².